The third-order valence-corrected chi connectivity index (χ3v) is 5.18. The van der Waals surface area contributed by atoms with Crippen LogP contribution in [0.5, 0.6) is 11.5 Å². The zero-order chi connectivity index (χ0) is 21.3. The van der Waals surface area contributed by atoms with Crippen molar-refractivity contribution in [3.63, 3.8) is 0 Å². The molecule has 0 saturated heterocycles. The van der Waals surface area contributed by atoms with Crippen molar-refractivity contribution in [1.82, 2.24) is 5.32 Å². The molecular weight excluding hydrogens is 374 g/mol. The Morgan fingerprint density at radius 2 is 1.67 bits per heavy atom. The largest absolute Gasteiger partial charge is 0.494 e. The second-order valence-electron chi connectivity index (χ2n) is 7.35. The lowest BCUT2D eigenvalue weighted by Gasteiger charge is -2.15. The molecule has 1 N–H and O–H groups in total. The Labute approximate surface area is 178 Å². The van der Waals surface area contributed by atoms with Gasteiger partial charge in [0.15, 0.2) is 0 Å². The maximum Gasteiger partial charge on any atom is 0.150 e. The average molecular weight is 404 g/mol. The first-order valence-electron chi connectivity index (χ1n) is 10.3. The monoisotopic (exact) mass is 403 g/mol. The summed E-state index contributed by atoms with van der Waals surface area (Å²) in [4.78, 5) is 10.8. The van der Waals surface area contributed by atoms with E-state index in [0.29, 0.717) is 18.8 Å². The first-order valence-corrected chi connectivity index (χ1v) is 10.3. The fraction of sp³-hybridized carbons (Fsp3) is 0.269. The minimum atomic E-state index is 0.478. The molecular formula is C26H29NO3. The number of carbonyl (C=O) groups excluding carboxylic acids is 1. The molecule has 0 bridgehead atoms. The summed E-state index contributed by atoms with van der Waals surface area (Å²) in [6.07, 6.45) is 1.81. The van der Waals surface area contributed by atoms with E-state index >= 15 is 0 Å². The Hall–Kier alpha value is -3.11. The number of ether oxygens (including phenoxy) is 2. The summed E-state index contributed by atoms with van der Waals surface area (Å²) < 4.78 is 11.8. The van der Waals surface area contributed by atoms with Crippen molar-refractivity contribution < 1.29 is 14.3 Å². The van der Waals surface area contributed by atoms with Gasteiger partial charge in [-0.05, 0) is 98.1 Å². The molecule has 0 saturated carbocycles. The smallest absolute Gasteiger partial charge is 0.150 e. The highest BCUT2D eigenvalue weighted by molar-refractivity contribution is 5.75. The van der Waals surface area contributed by atoms with E-state index in [1.165, 1.54) is 22.3 Å². The number of aryl methyl sites for hydroxylation is 1. The van der Waals surface area contributed by atoms with Crippen LogP contribution in [0.1, 0.15) is 33.5 Å². The number of carbonyl (C=O) groups is 1. The van der Waals surface area contributed by atoms with Gasteiger partial charge < -0.3 is 14.8 Å². The number of aldehydes is 1. The Morgan fingerprint density at radius 1 is 0.900 bits per heavy atom. The lowest BCUT2D eigenvalue weighted by Crippen LogP contribution is -2.11. The number of nitrogens with one attached hydrogen (secondary N) is 1. The summed E-state index contributed by atoms with van der Waals surface area (Å²) in [5.41, 5.74) is 6.57. The van der Waals surface area contributed by atoms with Gasteiger partial charge in [0.05, 0.1) is 6.61 Å². The van der Waals surface area contributed by atoms with Crippen LogP contribution < -0.4 is 14.8 Å². The summed E-state index contributed by atoms with van der Waals surface area (Å²) in [6.45, 7) is 6.38. The van der Waals surface area contributed by atoms with Gasteiger partial charge in [0.1, 0.15) is 24.4 Å². The number of hydrogen-bond acceptors (Lipinski definition) is 4. The summed E-state index contributed by atoms with van der Waals surface area (Å²) in [5, 5.41) is 3.13. The molecule has 0 aliphatic heterocycles. The highest BCUT2D eigenvalue weighted by Gasteiger charge is 2.10. The first-order chi connectivity index (χ1) is 14.6. The van der Waals surface area contributed by atoms with Crippen molar-refractivity contribution in [2.24, 2.45) is 0 Å². The third-order valence-electron chi connectivity index (χ3n) is 5.18. The first kappa shape index (κ1) is 21.6. The SMILES string of the molecule is CNCCCOc1ccc(-c2cccc(COc3ccc(C=O)cc3)c2C)c(C)c1. The van der Waals surface area contributed by atoms with Crippen LogP contribution >= 0.6 is 0 Å². The van der Waals surface area contributed by atoms with E-state index in [1.54, 1.807) is 12.1 Å². The van der Waals surface area contributed by atoms with Gasteiger partial charge in [-0.25, -0.2) is 0 Å². The Morgan fingerprint density at radius 3 is 2.37 bits per heavy atom. The maximum absolute atomic E-state index is 10.8. The van der Waals surface area contributed by atoms with Gasteiger partial charge in [-0.3, -0.25) is 4.79 Å². The summed E-state index contributed by atoms with van der Waals surface area (Å²) in [6, 6.07) is 19.7. The fourth-order valence-electron chi connectivity index (χ4n) is 3.40. The zero-order valence-electron chi connectivity index (χ0n) is 17.9. The van der Waals surface area contributed by atoms with Gasteiger partial charge in [0, 0.05) is 5.56 Å². The molecule has 4 heteroatoms. The molecule has 4 nitrogen and oxygen atoms in total. The van der Waals surface area contributed by atoms with Gasteiger partial charge in [0.2, 0.25) is 0 Å². The Kier molecular flexibility index (Phi) is 7.63. The van der Waals surface area contributed by atoms with Crippen molar-refractivity contribution in [2.75, 3.05) is 20.2 Å². The van der Waals surface area contributed by atoms with Crippen LogP contribution in [-0.2, 0) is 6.61 Å². The minimum absolute atomic E-state index is 0.478. The topological polar surface area (TPSA) is 47.6 Å². The van der Waals surface area contributed by atoms with Crippen LogP contribution in [0.4, 0.5) is 0 Å². The molecule has 3 rings (SSSR count). The van der Waals surface area contributed by atoms with Crippen LogP contribution in [0.2, 0.25) is 0 Å². The molecule has 0 aliphatic rings. The number of hydrogen-bond donors (Lipinski definition) is 1. The molecule has 3 aromatic carbocycles. The standard InChI is InChI=1S/C26H29NO3/c1-19-16-24(29-15-5-14-27-3)12-13-25(19)26-7-4-6-22(20(26)2)18-30-23-10-8-21(17-28)9-11-23/h4,6-13,16-17,27H,5,14-15,18H2,1-3H3. The quantitative estimate of drug-likeness (QED) is 0.366. The number of benzene rings is 3. The van der Waals surface area contributed by atoms with Gasteiger partial charge in [0.25, 0.3) is 0 Å². The molecule has 0 fully saturated rings. The van der Waals surface area contributed by atoms with Crippen molar-refractivity contribution >= 4 is 6.29 Å². The second-order valence-corrected chi connectivity index (χ2v) is 7.35. The van der Waals surface area contributed by atoms with Crippen LogP contribution in [0.3, 0.4) is 0 Å². The number of rotatable bonds is 10. The molecule has 0 aromatic heterocycles. The average Bonchev–Trinajstić information content (AvgIpc) is 2.77. The molecule has 0 radical (unpaired) electrons. The highest BCUT2D eigenvalue weighted by Crippen LogP contribution is 2.31. The van der Waals surface area contributed by atoms with Crippen LogP contribution in [0.25, 0.3) is 11.1 Å². The fourth-order valence-corrected chi connectivity index (χ4v) is 3.40. The van der Waals surface area contributed by atoms with Crippen LogP contribution in [0.15, 0.2) is 60.7 Å². The van der Waals surface area contributed by atoms with Crippen molar-refractivity contribution in [3.05, 3.63) is 82.9 Å². The molecule has 156 valence electrons. The lowest BCUT2D eigenvalue weighted by atomic mass is 9.94. The van der Waals surface area contributed by atoms with Crippen molar-refractivity contribution in [1.29, 1.82) is 0 Å². The third kappa shape index (κ3) is 5.49. The van der Waals surface area contributed by atoms with Crippen LogP contribution in [0, 0.1) is 13.8 Å². The molecule has 0 atom stereocenters. The van der Waals surface area contributed by atoms with Gasteiger partial charge >= 0.3 is 0 Å². The van der Waals surface area contributed by atoms with E-state index in [-0.39, 0.29) is 0 Å². The van der Waals surface area contributed by atoms with Crippen molar-refractivity contribution in [2.45, 2.75) is 26.9 Å². The molecule has 30 heavy (non-hydrogen) atoms. The lowest BCUT2D eigenvalue weighted by molar-refractivity contribution is 0.112. The molecule has 0 amide bonds. The van der Waals surface area contributed by atoms with Gasteiger partial charge in [-0.2, -0.15) is 0 Å². The predicted molar refractivity (Wildman–Crippen MR) is 122 cm³/mol. The zero-order valence-corrected chi connectivity index (χ0v) is 17.9. The normalized spacial score (nSPS) is 10.6. The van der Waals surface area contributed by atoms with Gasteiger partial charge in [-0.15, -0.1) is 0 Å². The summed E-state index contributed by atoms with van der Waals surface area (Å²) in [5.74, 6) is 1.66. The van der Waals surface area contributed by atoms with E-state index < -0.39 is 0 Å². The van der Waals surface area contributed by atoms with E-state index in [0.717, 1.165) is 36.3 Å². The molecule has 0 aliphatic carbocycles. The molecule has 3 aromatic rings. The second kappa shape index (κ2) is 10.6. The van der Waals surface area contributed by atoms with Crippen molar-refractivity contribution in [3.8, 4) is 22.6 Å². The summed E-state index contributed by atoms with van der Waals surface area (Å²) in [7, 11) is 1.95. The van der Waals surface area contributed by atoms with Crippen LogP contribution in [-0.4, -0.2) is 26.5 Å². The van der Waals surface area contributed by atoms with E-state index in [9.17, 15) is 4.79 Å². The van der Waals surface area contributed by atoms with Gasteiger partial charge in [-0.1, -0.05) is 24.3 Å². The Bertz CT molecular complexity index is 980. The van der Waals surface area contributed by atoms with E-state index in [4.69, 9.17) is 9.47 Å². The predicted octanol–water partition coefficient (Wildman–Crippen LogP) is 5.35. The van der Waals surface area contributed by atoms with E-state index in [1.807, 2.05) is 25.2 Å². The van der Waals surface area contributed by atoms with E-state index in [2.05, 4.69) is 49.5 Å². The Balaban J connectivity index is 1.72. The minimum Gasteiger partial charge on any atom is -0.494 e. The highest BCUT2D eigenvalue weighted by atomic mass is 16.5. The molecule has 0 unspecified atom stereocenters. The maximum atomic E-state index is 10.8. The molecule has 0 spiro atoms. The summed E-state index contributed by atoms with van der Waals surface area (Å²) >= 11 is 0. The molecule has 0 heterocycles.